The Morgan fingerprint density at radius 1 is 1.00 bits per heavy atom. The number of carbonyl (C=O) groups is 3. The Balaban J connectivity index is 1.33. The van der Waals surface area contributed by atoms with Crippen molar-refractivity contribution in [1.29, 1.82) is 0 Å². The number of piperazine rings is 1. The number of hydrogen-bond acceptors (Lipinski definition) is 8. The molecule has 2 aromatic carbocycles. The summed E-state index contributed by atoms with van der Waals surface area (Å²) in [4.78, 5) is 47.7. The number of amides is 3. The number of hydroxylamine groups is 1. The van der Waals surface area contributed by atoms with Gasteiger partial charge in [0.25, 0.3) is 5.19 Å². The van der Waals surface area contributed by atoms with Crippen LogP contribution in [0.15, 0.2) is 54.6 Å². The summed E-state index contributed by atoms with van der Waals surface area (Å²) < 4.78 is 6.90. The van der Waals surface area contributed by atoms with Gasteiger partial charge in [0.1, 0.15) is 12.1 Å². The van der Waals surface area contributed by atoms with E-state index in [0.717, 1.165) is 20.8 Å². The molecule has 0 spiro atoms. The number of benzene rings is 2. The number of aromatic nitrogens is 1. The van der Waals surface area contributed by atoms with Gasteiger partial charge in [0.2, 0.25) is 11.8 Å². The number of rotatable bonds is 5. The third kappa shape index (κ3) is 5.16. The molecular formula is C25H27N5O6S. The van der Waals surface area contributed by atoms with Gasteiger partial charge < -0.3 is 19.6 Å². The summed E-state index contributed by atoms with van der Waals surface area (Å²) >= 11 is 1.32. The zero-order chi connectivity index (χ0) is 25.9. The average Bonchev–Trinajstić information content (AvgIpc) is 3.34. The molecule has 3 N–H and O–H groups in total. The molecule has 5 rings (SSSR count). The van der Waals surface area contributed by atoms with Crippen molar-refractivity contribution in [3.8, 4) is 5.19 Å². The quantitative estimate of drug-likeness (QED) is 0.341. The van der Waals surface area contributed by atoms with Crippen LogP contribution in [0.3, 0.4) is 0 Å². The highest BCUT2D eigenvalue weighted by Crippen LogP contribution is 2.33. The van der Waals surface area contributed by atoms with Crippen LogP contribution in [0.2, 0.25) is 0 Å². The molecule has 0 bridgehead atoms. The first-order valence-electron chi connectivity index (χ1n) is 12.0. The van der Waals surface area contributed by atoms with Gasteiger partial charge in [-0.25, -0.2) is 15.3 Å². The number of likely N-dealkylation sites (tertiary alicyclic amines) is 1. The van der Waals surface area contributed by atoms with Gasteiger partial charge in [0.05, 0.1) is 22.7 Å². The third-order valence-corrected chi connectivity index (χ3v) is 7.76. The van der Waals surface area contributed by atoms with Gasteiger partial charge in [0, 0.05) is 38.3 Å². The highest BCUT2D eigenvalue weighted by atomic mass is 32.1. The summed E-state index contributed by atoms with van der Waals surface area (Å²) in [7, 11) is 0. The fraction of sp³-hybridized carbons (Fsp3) is 0.360. The van der Waals surface area contributed by atoms with Gasteiger partial charge in [-0.1, -0.05) is 41.7 Å². The number of carbonyl (C=O) groups excluding carboxylic acids is 2. The molecule has 12 heteroatoms. The lowest BCUT2D eigenvalue weighted by molar-refractivity contribution is -0.150. The average molecular weight is 526 g/mol. The molecule has 1 aromatic heterocycles. The van der Waals surface area contributed by atoms with Gasteiger partial charge in [-0.3, -0.25) is 19.7 Å². The molecular weight excluding hydrogens is 498 g/mol. The molecule has 3 heterocycles. The first kappa shape index (κ1) is 24.8. The summed E-state index contributed by atoms with van der Waals surface area (Å²) in [6, 6.07) is 16.0. The van der Waals surface area contributed by atoms with Crippen molar-refractivity contribution in [2.75, 3.05) is 37.6 Å². The lowest BCUT2D eigenvalue weighted by atomic mass is 9.86. The molecule has 194 valence electrons. The Morgan fingerprint density at radius 3 is 2.38 bits per heavy atom. The molecule has 2 aliphatic heterocycles. The number of anilines is 1. The number of nitrogens with one attached hydrogen (secondary N) is 1. The van der Waals surface area contributed by atoms with Crippen molar-refractivity contribution in [2.45, 2.75) is 18.6 Å². The third-order valence-electron chi connectivity index (χ3n) is 6.83. The van der Waals surface area contributed by atoms with Crippen LogP contribution in [0, 0.1) is 5.92 Å². The molecule has 2 saturated heterocycles. The van der Waals surface area contributed by atoms with Crippen LogP contribution in [-0.2, 0) is 9.59 Å². The Morgan fingerprint density at radius 2 is 1.70 bits per heavy atom. The molecule has 0 saturated carbocycles. The van der Waals surface area contributed by atoms with E-state index >= 15 is 0 Å². The van der Waals surface area contributed by atoms with Gasteiger partial charge in [-0.15, -0.1) is 0 Å². The predicted molar refractivity (Wildman–Crippen MR) is 136 cm³/mol. The molecule has 3 amide bonds. The zero-order valence-electron chi connectivity index (χ0n) is 19.9. The second-order valence-electron chi connectivity index (χ2n) is 9.03. The maximum Gasteiger partial charge on any atom is 0.408 e. The van der Waals surface area contributed by atoms with E-state index in [-0.39, 0.29) is 13.0 Å². The molecule has 3 aromatic rings. The Kier molecular flexibility index (Phi) is 7.10. The van der Waals surface area contributed by atoms with Gasteiger partial charge in [-0.2, -0.15) is 0 Å². The minimum absolute atomic E-state index is 0.0481. The van der Waals surface area contributed by atoms with Crippen LogP contribution in [0.5, 0.6) is 5.19 Å². The standard InChI is InChI=1S/C25H27N5O6S/c31-22(27-35)18-14-17(36-24-26-19-8-4-5-9-20(19)37-24)15-30(25(33)34)21(18)23(32)29-12-10-28(11-13-29)16-6-2-1-3-7-16/h1-9,17-18,21,35H,10-15H2,(H,27,31)(H,33,34). The molecule has 3 atom stereocenters. The van der Waals surface area contributed by atoms with E-state index in [1.807, 2.05) is 54.6 Å². The number of carboxylic acid groups (broad SMARTS) is 1. The number of thiazole rings is 1. The van der Waals surface area contributed by atoms with Crippen LogP contribution in [-0.4, -0.2) is 87.9 Å². The number of fused-ring (bicyclic) bond motifs is 1. The SMILES string of the molecule is O=C(NO)C1CC(Oc2nc3ccccc3s2)CN(C(=O)O)C1C(=O)N1CCN(c2ccccc2)CC1. The molecule has 0 aliphatic carbocycles. The fourth-order valence-electron chi connectivity index (χ4n) is 5.01. The van der Waals surface area contributed by atoms with Gasteiger partial charge in [0.15, 0.2) is 0 Å². The maximum atomic E-state index is 13.6. The van der Waals surface area contributed by atoms with Crippen molar-refractivity contribution in [2.24, 2.45) is 5.92 Å². The van der Waals surface area contributed by atoms with Crippen molar-refractivity contribution in [1.82, 2.24) is 20.3 Å². The molecule has 11 nitrogen and oxygen atoms in total. The molecule has 2 fully saturated rings. The summed E-state index contributed by atoms with van der Waals surface area (Å²) in [6.07, 6.45) is -2.01. The van der Waals surface area contributed by atoms with Crippen molar-refractivity contribution >= 4 is 45.1 Å². The second-order valence-corrected chi connectivity index (χ2v) is 10.0. The minimum Gasteiger partial charge on any atom is -0.465 e. The van der Waals surface area contributed by atoms with E-state index in [9.17, 15) is 24.7 Å². The highest BCUT2D eigenvalue weighted by Gasteiger charge is 2.48. The Bertz CT molecular complexity index is 1250. The largest absolute Gasteiger partial charge is 0.465 e. The van der Waals surface area contributed by atoms with Crippen LogP contribution in [0.25, 0.3) is 10.2 Å². The normalized spacial score (nSPS) is 22.1. The first-order valence-corrected chi connectivity index (χ1v) is 12.8. The van der Waals surface area contributed by atoms with Crippen LogP contribution >= 0.6 is 11.3 Å². The molecule has 37 heavy (non-hydrogen) atoms. The number of para-hydroxylation sites is 2. The van der Waals surface area contributed by atoms with Crippen LogP contribution in [0.4, 0.5) is 10.5 Å². The number of hydrogen-bond donors (Lipinski definition) is 3. The van der Waals surface area contributed by atoms with Crippen LogP contribution < -0.4 is 15.1 Å². The van der Waals surface area contributed by atoms with E-state index < -0.39 is 36.0 Å². The lowest BCUT2D eigenvalue weighted by Gasteiger charge is -2.44. The van der Waals surface area contributed by atoms with Crippen molar-refractivity contribution < 1.29 is 29.4 Å². The van der Waals surface area contributed by atoms with Crippen molar-refractivity contribution in [3.63, 3.8) is 0 Å². The summed E-state index contributed by atoms with van der Waals surface area (Å²) in [5.41, 5.74) is 3.41. The second kappa shape index (κ2) is 10.6. The Hall–Kier alpha value is -3.90. The maximum absolute atomic E-state index is 13.6. The highest BCUT2D eigenvalue weighted by molar-refractivity contribution is 7.20. The lowest BCUT2D eigenvalue weighted by Crippen LogP contribution is -2.64. The van der Waals surface area contributed by atoms with Crippen LogP contribution in [0.1, 0.15) is 6.42 Å². The minimum atomic E-state index is -1.34. The smallest absolute Gasteiger partial charge is 0.408 e. The topological polar surface area (TPSA) is 136 Å². The summed E-state index contributed by atoms with van der Waals surface area (Å²) in [5, 5.41) is 19.8. The number of ether oxygens (including phenoxy) is 1. The van der Waals surface area contributed by atoms with E-state index in [2.05, 4.69) is 9.88 Å². The number of nitrogens with zero attached hydrogens (tertiary/aromatic N) is 4. The Labute approximate surface area is 216 Å². The number of piperidine rings is 1. The van der Waals surface area contributed by atoms with E-state index in [1.165, 1.54) is 11.3 Å². The van der Waals surface area contributed by atoms with Gasteiger partial charge >= 0.3 is 6.09 Å². The molecule has 2 aliphatic rings. The molecule has 3 unspecified atom stereocenters. The fourth-order valence-corrected chi connectivity index (χ4v) is 5.89. The molecule has 0 radical (unpaired) electrons. The first-order chi connectivity index (χ1) is 17.9. The monoisotopic (exact) mass is 525 g/mol. The predicted octanol–water partition coefficient (Wildman–Crippen LogP) is 2.27. The van der Waals surface area contributed by atoms with E-state index in [0.29, 0.717) is 31.4 Å². The van der Waals surface area contributed by atoms with Gasteiger partial charge in [-0.05, 0) is 24.3 Å². The zero-order valence-corrected chi connectivity index (χ0v) is 20.7. The van der Waals surface area contributed by atoms with E-state index in [4.69, 9.17) is 4.74 Å². The van der Waals surface area contributed by atoms with E-state index in [1.54, 1.807) is 10.4 Å². The summed E-state index contributed by atoms with van der Waals surface area (Å²) in [5.74, 6) is -2.42. The van der Waals surface area contributed by atoms with Crippen molar-refractivity contribution in [3.05, 3.63) is 54.6 Å². The summed E-state index contributed by atoms with van der Waals surface area (Å²) in [6.45, 7) is 1.82.